The first-order chi connectivity index (χ1) is 13.2. The Bertz CT molecular complexity index is 970. The van der Waals surface area contributed by atoms with Crippen molar-refractivity contribution < 1.29 is 27.4 Å². The fraction of sp³-hybridized carbons (Fsp3) is 0.316. The Morgan fingerprint density at radius 3 is 2.54 bits per heavy atom. The van der Waals surface area contributed by atoms with Crippen LogP contribution >= 0.6 is 11.8 Å². The normalized spacial score (nSPS) is 14.3. The molecule has 0 N–H and O–H groups in total. The van der Waals surface area contributed by atoms with Crippen LogP contribution in [0.25, 0.3) is 11.3 Å². The van der Waals surface area contributed by atoms with Crippen molar-refractivity contribution in [3.05, 3.63) is 35.4 Å². The van der Waals surface area contributed by atoms with E-state index in [1.165, 1.54) is 6.92 Å². The molecule has 2 heterocycles. The number of ether oxygens (including phenoxy) is 2. The number of nitriles is 1. The molecule has 0 unspecified atom stereocenters. The molecule has 0 radical (unpaired) electrons. The molecule has 0 saturated heterocycles. The Morgan fingerprint density at radius 1 is 1.25 bits per heavy atom. The van der Waals surface area contributed by atoms with Crippen LogP contribution in [0.3, 0.4) is 0 Å². The van der Waals surface area contributed by atoms with E-state index in [0.29, 0.717) is 30.3 Å². The van der Waals surface area contributed by atoms with Gasteiger partial charge in [0.05, 0.1) is 22.1 Å². The van der Waals surface area contributed by atoms with Gasteiger partial charge in [-0.3, -0.25) is 4.79 Å². The zero-order valence-electron chi connectivity index (χ0n) is 15.0. The molecule has 0 bridgehead atoms. The lowest BCUT2D eigenvalue weighted by molar-refractivity contribution is -0.138. The smallest absolute Gasteiger partial charge is 0.417 e. The number of rotatable bonds is 4. The van der Waals surface area contributed by atoms with Crippen LogP contribution in [0.2, 0.25) is 0 Å². The Hall–Kier alpha value is -2.73. The molecule has 146 valence electrons. The topological polar surface area (TPSA) is 72.2 Å². The summed E-state index contributed by atoms with van der Waals surface area (Å²) >= 11 is 0.832. The van der Waals surface area contributed by atoms with Crippen molar-refractivity contribution in [2.45, 2.75) is 30.3 Å². The van der Waals surface area contributed by atoms with Crippen LogP contribution in [-0.4, -0.2) is 29.2 Å². The number of carbonyl (C=O) groups excluding carboxylic acids is 1. The number of halogens is 3. The van der Waals surface area contributed by atoms with Gasteiger partial charge in [-0.25, -0.2) is 4.98 Å². The summed E-state index contributed by atoms with van der Waals surface area (Å²) < 4.78 is 51.6. The van der Waals surface area contributed by atoms with Gasteiger partial charge < -0.3 is 9.47 Å². The lowest BCUT2D eigenvalue weighted by atomic mass is 10.0. The molecule has 28 heavy (non-hydrogen) atoms. The highest BCUT2D eigenvalue weighted by Gasteiger charge is 2.36. The molecule has 5 nitrogen and oxygen atoms in total. The van der Waals surface area contributed by atoms with Crippen LogP contribution in [0.4, 0.5) is 13.2 Å². The fourth-order valence-electron chi connectivity index (χ4n) is 2.54. The fourth-order valence-corrected chi connectivity index (χ4v) is 3.46. The van der Waals surface area contributed by atoms with Gasteiger partial charge in [0, 0.05) is 5.56 Å². The summed E-state index contributed by atoms with van der Waals surface area (Å²) in [5.74, 6) is 0.684. The number of ketones is 1. The maximum Gasteiger partial charge on any atom is 0.417 e. The van der Waals surface area contributed by atoms with Gasteiger partial charge in [-0.2, -0.15) is 18.4 Å². The molecule has 3 rings (SSSR count). The quantitative estimate of drug-likeness (QED) is 0.695. The van der Waals surface area contributed by atoms with E-state index in [-0.39, 0.29) is 16.5 Å². The van der Waals surface area contributed by atoms with Crippen LogP contribution in [-0.2, 0) is 11.0 Å². The molecule has 0 fully saturated rings. The van der Waals surface area contributed by atoms with Crippen molar-refractivity contribution in [1.29, 1.82) is 5.26 Å². The number of aromatic nitrogens is 1. The Balaban J connectivity index is 2.16. The molecular weight excluding hydrogens is 393 g/mol. The number of alkyl halides is 3. The highest BCUT2D eigenvalue weighted by atomic mass is 32.2. The van der Waals surface area contributed by atoms with Crippen LogP contribution in [0.15, 0.2) is 29.3 Å². The van der Waals surface area contributed by atoms with Gasteiger partial charge in [0.25, 0.3) is 0 Å². The van der Waals surface area contributed by atoms with Crippen LogP contribution in [0, 0.1) is 11.3 Å². The van der Waals surface area contributed by atoms with Crippen LogP contribution in [0.1, 0.15) is 25.0 Å². The molecule has 1 aromatic carbocycles. The summed E-state index contributed by atoms with van der Waals surface area (Å²) in [5, 5.41) is 8.53. The number of hydrogen-bond donors (Lipinski definition) is 0. The first-order valence-corrected chi connectivity index (χ1v) is 9.18. The number of nitrogens with zero attached hydrogens (tertiary/aromatic N) is 2. The molecule has 1 aliphatic heterocycles. The van der Waals surface area contributed by atoms with Crippen LogP contribution in [0.5, 0.6) is 11.5 Å². The van der Waals surface area contributed by atoms with Crippen molar-refractivity contribution in [2.75, 3.05) is 13.2 Å². The highest BCUT2D eigenvalue weighted by molar-refractivity contribution is 8.00. The Kier molecular flexibility index (Phi) is 5.52. The van der Waals surface area contributed by atoms with E-state index in [4.69, 9.17) is 9.47 Å². The van der Waals surface area contributed by atoms with E-state index in [9.17, 15) is 23.2 Å². The van der Waals surface area contributed by atoms with Gasteiger partial charge in [0.1, 0.15) is 30.1 Å². The van der Waals surface area contributed by atoms with Crippen molar-refractivity contribution in [2.24, 2.45) is 0 Å². The molecule has 0 spiro atoms. The van der Waals surface area contributed by atoms with E-state index in [2.05, 4.69) is 4.98 Å². The third kappa shape index (κ3) is 4.07. The zero-order valence-corrected chi connectivity index (χ0v) is 15.8. The predicted octanol–water partition coefficient (Wildman–Crippen LogP) is 4.48. The molecule has 0 saturated carbocycles. The second-order valence-electron chi connectivity index (χ2n) is 6.07. The summed E-state index contributed by atoms with van der Waals surface area (Å²) in [6.45, 7) is 3.62. The van der Waals surface area contributed by atoms with E-state index in [0.717, 1.165) is 17.8 Å². The van der Waals surface area contributed by atoms with Crippen molar-refractivity contribution in [1.82, 2.24) is 4.98 Å². The van der Waals surface area contributed by atoms with Crippen molar-refractivity contribution in [3.63, 3.8) is 0 Å². The second kappa shape index (κ2) is 7.72. The Morgan fingerprint density at radius 2 is 1.93 bits per heavy atom. The van der Waals surface area contributed by atoms with E-state index < -0.39 is 22.6 Å². The first-order valence-electron chi connectivity index (χ1n) is 8.30. The van der Waals surface area contributed by atoms with E-state index in [1.807, 2.05) is 0 Å². The third-order valence-electron chi connectivity index (χ3n) is 4.10. The molecular formula is C19H15F3N2O3S. The number of pyridine rings is 1. The molecule has 2 aromatic rings. The first kappa shape index (κ1) is 20.0. The minimum atomic E-state index is -4.74. The number of Topliss-reactive ketones (excluding diaryl/α,β-unsaturated/α-hetero) is 1. The summed E-state index contributed by atoms with van der Waals surface area (Å²) in [4.78, 5) is 15.8. The van der Waals surface area contributed by atoms with Gasteiger partial charge in [0.2, 0.25) is 0 Å². The molecule has 1 aromatic heterocycles. The van der Waals surface area contributed by atoms with E-state index in [1.54, 1.807) is 31.2 Å². The maximum atomic E-state index is 13.6. The summed E-state index contributed by atoms with van der Waals surface area (Å²) in [6.07, 6.45) is -4.74. The SMILES string of the molecule is CC(=O)[C@@H](C)Sc1nc(-c2ccc3c(c2)OCCO3)cc(C(F)(F)F)c1C#N. The molecule has 1 aliphatic rings. The second-order valence-corrected chi connectivity index (χ2v) is 7.40. The largest absolute Gasteiger partial charge is 0.486 e. The average molecular weight is 408 g/mol. The summed E-state index contributed by atoms with van der Waals surface area (Å²) in [6, 6.07) is 7.15. The van der Waals surface area contributed by atoms with Gasteiger partial charge >= 0.3 is 6.18 Å². The van der Waals surface area contributed by atoms with Gasteiger partial charge in [-0.15, -0.1) is 0 Å². The summed E-state index contributed by atoms with van der Waals surface area (Å²) in [7, 11) is 0. The molecule has 1 atom stereocenters. The van der Waals surface area contributed by atoms with Crippen LogP contribution < -0.4 is 9.47 Å². The monoisotopic (exact) mass is 408 g/mol. The third-order valence-corrected chi connectivity index (χ3v) is 5.31. The standard InChI is InChI=1S/C19H15F3N2O3S/c1-10(25)11(2)28-18-13(9-23)14(19(20,21)22)8-15(24-18)12-3-4-16-17(7-12)27-6-5-26-16/h3-4,7-8,11H,5-6H2,1-2H3/t11-/m1/s1. The van der Waals surface area contributed by atoms with Gasteiger partial charge in [-0.05, 0) is 38.1 Å². The molecule has 0 aliphatic carbocycles. The Labute approximate surface area is 163 Å². The number of carbonyl (C=O) groups is 1. The number of hydrogen-bond acceptors (Lipinski definition) is 6. The zero-order chi connectivity index (χ0) is 20.5. The van der Waals surface area contributed by atoms with Gasteiger partial charge in [-0.1, -0.05) is 11.8 Å². The highest BCUT2D eigenvalue weighted by Crippen LogP contribution is 2.40. The minimum absolute atomic E-state index is 0.0292. The van der Waals surface area contributed by atoms with Crippen molar-refractivity contribution >= 4 is 17.5 Å². The summed E-state index contributed by atoms with van der Waals surface area (Å²) in [5.41, 5.74) is -1.27. The molecule has 0 amide bonds. The average Bonchev–Trinajstić information content (AvgIpc) is 2.66. The lowest BCUT2D eigenvalue weighted by Crippen LogP contribution is -2.15. The van der Waals surface area contributed by atoms with E-state index >= 15 is 0 Å². The van der Waals surface area contributed by atoms with Crippen molar-refractivity contribution in [3.8, 4) is 28.8 Å². The molecule has 9 heteroatoms. The number of benzene rings is 1. The number of fused-ring (bicyclic) bond motifs is 1. The maximum absolute atomic E-state index is 13.6. The minimum Gasteiger partial charge on any atom is -0.486 e. The predicted molar refractivity (Wildman–Crippen MR) is 96.4 cm³/mol. The lowest BCUT2D eigenvalue weighted by Gasteiger charge is -2.19. The van der Waals surface area contributed by atoms with Gasteiger partial charge in [0.15, 0.2) is 11.5 Å². The number of thioether (sulfide) groups is 1.